The molecule has 6 heteroatoms. The van der Waals surface area contributed by atoms with Gasteiger partial charge in [0.05, 0.1) is 12.3 Å². The number of hydrazone groups is 1. The lowest BCUT2D eigenvalue weighted by Gasteiger charge is -2.07. The van der Waals surface area contributed by atoms with E-state index in [0.717, 1.165) is 11.6 Å². The fourth-order valence-electron chi connectivity index (χ4n) is 2.25. The number of nitrogens with one attached hydrogen (secondary N) is 2. The van der Waals surface area contributed by atoms with Gasteiger partial charge in [-0.05, 0) is 42.2 Å². The molecule has 0 aromatic heterocycles. The van der Waals surface area contributed by atoms with Crippen LogP contribution < -0.4 is 10.7 Å². The molecule has 0 atom stereocenters. The van der Waals surface area contributed by atoms with Gasteiger partial charge in [0, 0.05) is 5.56 Å². The average Bonchev–Trinajstić information content (AvgIpc) is 2.64. The second kappa shape index (κ2) is 8.89. The van der Waals surface area contributed by atoms with E-state index >= 15 is 0 Å². The lowest BCUT2D eigenvalue weighted by molar-refractivity contribution is -0.120. The normalized spacial score (nSPS) is 11.3. The first-order valence-corrected chi connectivity index (χ1v) is 8.34. The number of hydrogen-bond donors (Lipinski definition) is 2. The van der Waals surface area contributed by atoms with Gasteiger partial charge in [-0.3, -0.25) is 9.59 Å². The van der Waals surface area contributed by atoms with Crippen LogP contribution in [0, 0.1) is 5.82 Å². The van der Waals surface area contributed by atoms with Crippen LogP contribution in [-0.2, 0) is 4.79 Å². The summed E-state index contributed by atoms with van der Waals surface area (Å²) >= 11 is 0. The molecule has 0 unspecified atom stereocenters. The Morgan fingerprint density at radius 3 is 2.38 bits per heavy atom. The molecule has 0 aliphatic carbocycles. The summed E-state index contributed by atoms with van der Waals surface area (Å²) in [5.74, 6) is -1.05. The molecule has 0 aliphatic rings. The summed E-state index contributed by atoms with van der Waals surface area (Å²) in [4.78, 5) is 23.7. The molecule has 0 spiro atoms. The Hall–Kier alpha value is -3.02. The fourth-order valence-corrected chi connectivity index (χ4v) is 2.25. The number of carbonyl (C=O) groups excluding carboxylic acids is 2. The Kier molecular flexibility index (Phi) is 6.60. The van der Waals surface area contributed by atoms with Crippen LogP contribution in [0.4, 0.5) is 4.39 Å². The zero-order chi connectivity index (χ0) is 19.1. The third-order valence-electron chi connectivity index (χ3n) is 3.84. The molecule has 2 aromatic rings. The molecule has 2 amide bonds. The maximum Gasteiger partial charge on any atom is 0.259 e. The number of carbonyl (C=O) groups is 2. The van der Waals surface area contributed by atoms with Gasteiger partial charge in [0.1, 0.15) is 5.82 Å². The van der Waals surface area contributed by atoms with E-state index < -0.39 is 17.6 Å². The predicted molar refractivity (Wildman–Crippen MR) is 99.6 cm³/mol. The smallest absolute Gasteiger partial charge is 0.259 e. The monoisotopic (exact) mass is 355 g/mol. The van der Waals surface area contributed by atoms with Crippen molar-refractivity contribution in [1.82, 2.24) is 10.7 Å². The van der Waals surface area contributed by atoms with Gasteiger partial charge in [0.15, 0.2) is 0 Å². The van der Waals surface area contributed by atoms with Gasteiger partial charge in [-0.25, -0.2) is 9.82 Å². The summed E-state index contributed by atoms with van der Waals surface area (Å²) in [5.41, 5.74) is 5.34. The summed E-state index contributed by atoms with van der Waals surface area (Å²) < 4.78 is 13.1. The summed E-state index contributed by atoms with van der Waals surface area (Å²) in [5, 5.41) is 6.46. The highest BCUT2D eigenvalue weighted by Gasteiger charge is 2.08. The first-order chi connectivity index (χ1) is 12.4. The third kappa shape index (κ3) is 5.51. The molecule has 0 aliphatic heterocycles. The molecule has 0 fully saturated rings. The Bertz CT molecular complexity index is 814. The van der Waals surface area contributed by atoms with E-state index in [0.29, 0.717) is 11.6 Å². The number of rotatable bonds is 6. The van der Waals surface area contributed by atoms with Gasteiger partial charge < -0.3 is 5.32 Å². The van der Waals surface area contributed by atoms with Crippen LogP contribution in [-0.4, -0.2) is 24.1 Å². The van der Waals surface area contributed by atoms with E-state index in [-0.39, 0.29) is 12.1 Å². The summed E-state index contributed by atoms with van der Waals surface area (Å²) in [6, 6.07) is 13.2. The van der Waals surface area contributed by atoms with E-state index in [1.807, 2.05) is 24.3 Å². The van der Waals surface area contributed by atoms with E-state index in [2.05, 4.69) is 29.7 Å². The molecule has 0 saturated carbocycles. The highest BCUT2D eigenvalue weighted by atomic mass is 19.1. The van der Waals surface area contributed by atoms with Crippen LogP contribution >= 0.6 is 0 Å². The molecular formula is C20H22FN3O2. The molecule has 0 radical (unpaired) electrons. The minimum Gasteiger partial charge on any atom is -0.343 e. The minimum atomic E-state index is -0.523. The van der Waals surface area contributed by atoms with Gasteiger partial charge in [-0.2, -0.15) is 5.10 Å². The van der Waals surface area contributed by atoms with Crippen molar-refractivity contribution in [3.05, 3.63) is 71.0 Å². The SMILES string of the molecule is CC(=NNC(=O)CNC(=O)c1cccc(F)c1)c1ccc(C(C)C)cc1. The van der Waals surface area contributed by atoms with E-state index in [4.69, 9.17) is 0 Å². The number of benzene rings is 2. The third-order valence-corrected chi connectivity index (χ3v) is 3.84. The van der Waals surface area contributed by atoms with Crippen LogP contribution in [0.2, 0.25) is 0 Å². The maximum absolute atomic E-state index is 13.1. The van der Waals surface area contributed by atoms with Crippen molar-refractivity contribution in [2.24, 2.45) is 5.10 Å². The van der Waals surface area contributed by atoms with Crippen LogP contribution in [0.25, 0.3) is 0 Å². The average molecular weight is 355 g/mol. The lowest BCUT2D eigenvalue weighted by atomic mass is 10.0. The van der Waals surface area contributed by atoms with Crippen LogP contribution in [0.15, 0.2) is 53.6 Å². The number of nitrogens with zero attached hydrogens (tertiary/aromatic N) is 1. The van der Waals surface area contributed by atoms with E-state index in [1.165, 1.54) is 23.8 Å². The summed E-state index contributed by atoms with van der Waals surface area (Å²) in [7, 11) is 0. The molecule has 136 valence electrons. The summed E-state index contributed by atoms with van der Waals surface area (Å²) in [6.45, 7) is 5.77. The first kappa shape index (κ1) is 19.3. The second-order valence-corrected chi connectivity index (χ2v) is 6.20. The van der Waals surface area contributed by atoms with Gasteiger partial charge in [-0.15, -0.1) is 0 Å². The van der Waals surface area contributed by atoms with Crippen molar-refractivity contribution in [1.29, 1.82) is 0 Å². The van der Waals surface area contributed by atoms with Gasteiger partial charge in [0.25, 0.3) is 11.8 Å². The molecule has 0 bridgehead atoms. The van der Waals surface area contributed by atoms with Crippen molar-refractivity contribution in [3.8, 4) is 0 Å². The van der Waals surface area contributed by atoms with E-state index in [9.17, 15) is 14.0 Å². The van der Waals surface area contributed by atoms with Gasteiger partial charge in [-0.1, -0.05) is 44.2 Å². The van der Waals surface area contributed by atoms with Crippen molar-refractivity contribution in [2.45, 2.75) is 26.7 Å². The molecule has 0 heterocycles. The second-order valence-electron chi connectivity index (χ2n) is 6.20. The van der Waals surface area contributed by atoms with Gasteiger partial charge in [0.2, 0.25) is 0 Å². The predicted octanol–water partition coefficient (Wildman–Crippen LogP) is 3.22. The van der Waals surface area contributed by atoms with Crippen molar-refractivity contribution >= 4 is 17.5 Å². The quantitative estimate of drug-likeness (QED) is 0.617. The molecular weight excluding hydrogens is 333 g/mol. The molecule has 0 saturated heterocycles. The topological polar surface area (TPSA) is 70.6 Å². The minimum absolute atomic E-state index is 0.155. The maximum atomic E-state index is 13.1. The first-order valence-electron chi connectivity index (χ1n) is 8.34. The molecule has 2 aromatic carbocycles. The van der Waals surface area contributed by atoms with Crippen LogP contribution in [0.3, 0.4) is 0 Å². The zero-order valence-corrected chi connectivity index (χ0v) is 15.0. The molecule has 5 nitrogen and oxygen atoms in total. The lowest BCUT2D eigenvalue weighted by Crippen LogP contribution is -2.35. The Balaban J connectivity index is 1.87. The largest absolute Gasteiger partial charge is 0.343 e. The fraction of sp³-hybridized carbons (Fsp3) is 0.250. The van der Waals surface area contributed by atoms with Gasteiger partial charge >= 0.3 is 0 Å². The number of hydrogen-bond acceptors (Lipinski definition) is 3. The van der Waals surface area contributed by atoms with Crippen LogP contribution in [0.1, 0.15) is 48.2 Å². The molecule has 2 N–H and O–H groups in total. The van der Waals surface area contributed by atoms with Crippen LogP contribution in [0.5, 0.6) is 0 Å². The van der Waals surface area contributed by atoms with Crippen molar-refractivity contribution < 1.29 is 14.0 Å². The Morgan fingerprint density at radius 1 is 1.08 bits per heavy atom. The highest BCUT2D eigenvalue weighted by Crippen LogP contribution is 2.15. The Labute approximate surface area is 152 Å². The zero-order valence-electron chi connectivity index (χ0n) is 15.0. The van der Waals surface area contributed by atoms with E-state index in [1.54, 1.807) is 6.92 Å². The standard InChI is InChI=1S/C20H22FN3O2/c1-13(2)15-7-9-16(10-8-15)14(3)23-24-19(25)12-22-20(26)17-5-4-6-18(21)11-17/h4-11,13H,12H2,1-3H3,(H,22,26)(H,24,25). The van der Waals surface area contributed by atoms with Crippen molar-refractivity contribution in [3.63, 3.8) is 0 Å². The summed E-state index contributed by atoms with van der Waals surface area (Å²) in [6.07, 6.45) is 0. The number of halogens is 1. The number of amides is 2. The molecule has 26 heavy (non-hydrogen) atoms. The Morgan fingerprint density at radius 2 is 1.77 bits per heavy atom. The van der Waals surface area contributed by atoms with Crippen molar-refractivity contribution in [2.75, 3.05) is 6.54 Å². The molecule has 2 rings (SSSR count). The highest BCUT2D eigenvalue weighted by molar-refractivity contribution is 6.00.